The number of nitrogen functional groups attached to an aromatic ring is 1. The fraction of sp³-hybridized carbons (Fsp3) is 0.520. The average molecular weight is 594 g/mol. The molecule has 0 spiro atoms. The lowest BCUT2D eigenvalue weighted by atomic mass is 9.94. The van der Waals surface area contributed by atoms with Crippen LogP contribution < -0.4 is 15.8 Å². The van der Waals surface area contributed by atoms with Crippen molar-refractivity contribution in [2.24, 2.45) is 0 Å². The fourth-order valence-corrected chi connectivity index (χ4v) is 5.38. The molecule has 3 heterocycles. The maximum absolute atomic E-state index is 12.7. The maximum Gasteiger partial charge on any atom is 0.524 e. The van der Waals surface area contributed by atoms with Gasteiger partial charge in [0.05, 0.1) is 25.6 Å². The van der Waals surface area contributed by atoms with Gasteiger partial charge in [0.2, 0.25) is 18.1 Å². The third kappa shape index (κ3) is 6.88. The van der Waals surface area contributed by atoms with Crippen LogP contribution >= 0.6 is 20.7 Å². The Balaban J connectivity index is 1.31. The summed E-state index contributed by atoms with van der Waals surface area (Å²) in [6.07, 6.45) is 0.780. The standard InChI is InChI=1S/C25H33N6O7PS/c1-25(31-14-27-19-21(31)29-24(26)30-22(19)35-2)13-37-18(20(25)32)12-38-39(34)15-28-17(9-6-10-40)23(33)36-11-16-7-4-3-5-8-16/h3-5,7-8,14,17-18,20,28,32H,6,9-13,15H2,1-2H3,(H2-,26,29,30,40)/p+1. The van der Waals surface area contributed by atoms with Gasteiger partial charge in [0.15, 0.2) is 11.2 Å². The summed E-state index contributed by atoms with van der Waals surface area (Å²) in [5.41, 5.74) is 6.52. The third-order valence-electron chi connectivity index (χ3n) is 6.71. The van der Waals surface area contributed by atoms with Gasteiger partial charge in [0.25, 0.3) is 0 Å². The number of aliphatic hydroxyl groups excluding tert-OH is 1. The zero-order valence-corrected chi connectivity index (χ0v) is 24.1. The third-order valence-corrected chi connectivity index (χ3v) is 7.91. The number of thiol groups is 1. The Hall–Kier alpha value is -2.87. The van der Waals surface area contributed by atoms with Crippen molar-refractivity contribution in [3.63, 3.8) is 0 Å². The predicted molar refractivity (Wildman–Crippen MR) is 150 cm³/mol. The highest BCUT2D eigenvalue weighted by molar-refractivity contribution is 7.80. The fourth-order valence-electron chi connectivity index (χ4n) is 4.43. The molecule has 3 aromatic rings. The molecule has 0 amide bonds. The number of imidazole rings is 1. The van der Waals surface area contributed by atoms with Crippen LogP contribution in [0, 0.1) is 0 Å². The number of ether oxygens (including phenoxy) is 3. The number of hydrogen-bond acceptors (Lipinski definition) is 13. The summed E-state index contributed by atoms with van der Waals surface area (Å²) in [6, 6.07) is 8.71. The average Bonchev–Trinajstić information content (AvgIpc) is 3.52. The van der Waals surface area contributed by atoms with Crippen LogP contribution in [0.4, 0.5) is 5.95 Å². The van der Waals surface area contributed by atoms with Gasteiger partial charge in [-0.15, -0.1) is 4.52 Å². The van der Waals surface area contributed by atoms with E-state index in [1.807, 2.05) is 30.3 Å². The number of carbonyl (C=O) groups is 1. The Bertz CT molecular complexity index is 1320. The number of nitrogens with two attached hydrogens (primary N) is 1. The van der Waals surface area contributed by atoms with Gasteiger partial charge >= 0.3 is 14.0 Å². The van der Waals surface area contributed by atoms with Crippen molar-refractivity contribution in [2.45, 2.75) is 50.2 Å². The first-order chi connectivity index (χ1) is 19.3. The van der Waals surface area contributed by atoms with Gasteiger partial charge < -0.3 is 29.6 Å². The highest BCUT2D eigenvalue weighted by Crippen LogP contribution is 2.36. The minimum Gasteiger partial charge on any atom is -0.479 e. The van der Waals surface area contributed by atoms with Crippen molar-refractivity contribution in [1.29, 1.82) is 0 Å². The first kappa shape index (κ1) is 30.1. The van der Waals surface area contributed by atoms with Crippen LogP contribution in [0.1, 0.15) is 25.3 Å². The van der Waals surface area contributed by atoms with E-state index in [0.717, 1.165) is 5.56 Å². The Kier molecular flexibility index (Phi) is 10.3. The van der Waals surface area contributed by atoms with Crippen LogP contribution in [0.15, 0.2) is 36.7 Å². The quantitative estimate of drug-likeness (QED) is 0.122. The zero-order chi connectivity index (χ0) is 28.7. The smallest absolute Gasteiger partial charge is 0.479 e. The van der Waals surface area contributed by atoms with E-state index in [-0.39, 0.29) is 37.9 Å². The minimum atomic E-state index is -2.21. The molecule has 0 saturated carbocycles. The number of nitrogens with zero attached hydrogens (tertiary/aromatic N) is 4. The largest absolute Gasteiger partial charge is 0.524 e. The molecule has 2 aromatic heterocycles. The molecule has 5 atom stereocenters. The summed E-state index contributed by atoms with van der Waals surface area (Å²) in [6.45, 7) is 1.93. The van der Waals surface area contributed by atoms with E-state index in [9.17, 15) is 14.5 Å². The second-order valence-corrected chi connectivity index (χ2v) is 11.2. The van der Waals surface area contributed by atoms with Gasteiger partial charge in [-0.3, -0.25) is 10.1 Å². The molecule has 0 radical (unpaired) electrons. The van der Waals surface area contributed by atoms with Crippen molar-refractivity contribution in [1.82, 2.24) is 24.8 Å². The number of hydrogen-bond donors (Lipinski definition) is 4. The zero-order valence-electron chi connectivity index (χ0n) is 22.3. The van der Waals surface area contributed by atoms with E-state index >= 15 is 0 Å². The van der Waals surface area contributed by atoms with Crippen LogP contribution in [0.5, 0.6) is 5.88 Å². The molecule has 4 rings (SSSR count). The molecule has 40 heavy (non-hydrogen) atoms. The Morgan fingerprint density at radius 3 is 2.88 bits per heavy atom. The first-order valence-electron chi connectivity index (χ1n) is 12.7. The lowest BCUT2D eigenvalue weighted by molar-refractivity contribution is -0.147. The number of anilines is 1. The topological polar surface area (TPSA) is 173 Å². The molecule has 4 N–H and O–H groups in total. The molecule has 0 bridgehead atoms. The summed E-state index contributed by atoms with van der Waals surface area (Å²) in [4.78, 5) is 25.3. The molecule has 1 aromatic carbocycles. The van der Waals surface area contributed by atoms with E-state index in [1.165, 1.54) is 13.4 Å². The van der Waals surface area contributed by atoms with Crippen molar-refractivity contribution in [2.75, 3.05) is 38.1 Å². The van der Waals surface area contributed by atoms with E-state index < -0.39 is 37.8 Å². The predicted octanol–water partition coefficient (Wildman–Crippen LogP) is 2.02. The molecule has 1 aliphatic heterocycles. The normalized spacial score (nSPS) is 21.9. The number of methoxy groups -OCH3 is 1. The molecule has 0 aliphatic carbocycles. The number of benzene rings is 1. The number of carbonyl (C=O) groups excluding carboxylic acids is 1. The molecule has 1 fully saturated rings. The molecule has 13 nitrogen and oxygen atoms in total. The number of esters is 1. The van der Waals surface area contributed by atoms with Crippen LogP contribution in [-0.2, 0) is 35.5 Å². The highest BCUT2D eigenvalue weighted by Gasteiger charge is 2.49. The number of nitrogens with one attached hydrogen (secondary N) is 1. The molecule has 15 heteroatoms. The molecule has 1 saturated heterocycles. The Labute approximate surface area is 238 Å². The van der Waals surface area contributed by atoms with E-state index in [0.29, 0.717) is 29.8 Å². The van der Waals surface area contributed by atoms with Crippen molar-refractivity contribution in [3.05, 3.63) is 42.2 Å². The van der Waals surface area contributed by atoms with Gasteiger partial charge in [0.1, 0.15) is 31.5 Å². The number of fused-ring (bicyclic) bond motifs is 1. The molecular weight excluding hydrogens is 559 g/mol. The lowest BCUT2D eigenvalue weighted by Crippen LogP contribution is -2.44. The Morgan fingerprint density at radius 2 is 2.15 bits per heavy atom. The summed E-state index contributed by atoms with van der Waals surface area (Å²) in [5, 5.41) is 14.1. The van der Waals surface area contributed by atoms with E-state index in [2.05, 4.69) is 32.9 Å². The van der Waals surface area contributed by atoms with Crippen LogP contribution in [0.3, 0.4) is 0 Å². The van der Waals surface area contributed by atoms with Crippen LogP contribution in [0.2, 0.25) is 0 Å². The van der Waals surface area contributed by atoms with Crippen LogP contribution in [-0.4, -0.2) is 81.2 Å². The number of aliphatic hydroxyl groups is 1. The molecule has 1 aliphatic rings. The van der Waals surface area contributed by atoms with Crippen molar-refractivity contribution >= 4 is 43.7 Å². The molecule has 216 valence electrons. The minimum absolute atomic E-state index is 0.00380. The summed E-state index contributed by atoms with van der Waals surface area (Å²) in [5.74, 6) is 0.386. The monoisotopic (exact) mass is 593 g/mol. The van der Waals surface area contributed by atoms with Crippen molar-refractivity contribution < 1.29 is 33.2 Å². The molecular formula is C25H34N6O7PS+. The van der Waals surface area contributed by atoms with E-state index in [4.69, 9.17) is 24.5 Å². The second-order valence-electron chi connectivity index (χ2n) is 9.53. The first-order valence-corrected chi connectivity index (χ1v) is 14.7. The van der Waals surface area contributed by atoms with Gasteiger partial charge in [-0.25, -0.2) is 4.98 Å². The summed E-state index contributed by atoms with van der Waals surface area (Å²) in [7, 11) is -0.755. The summed E-state index contributed by atoms with van der Waals surface area (Å²) >= 11 is 4.22. The molecule has 5 unspecified atom stereocenters. The van der Waals surface area contributed by atoms with Gasteiger partial charge in [0, 0.05) is 0 Å². The SMILES string of the molecule is COc1nc(N)nc2c1ncn2C1(C)COC(CO[P+](=O)CNC(CCCS)C(=O)OCc2ccccc2)C1O. The van der Waals surface area contributed by atoms with Crippen LogP contribution in [0.25, 0.3) is 11.2 Å². The lowest BCUT2D eigenvalue weighted by Gasteiger charge is -2.29. The summed E-state index contributed by atoms with van der Waals surface area (Å²) < 4.78 is 36.4. The maximum atomic E-state index is 12.7. The Morgan fingerprint density at radius 1 is 1.38 bits per heavy atom. The van der Waals surface area contributed by atoms with Crippen molar-refractivity contribution in [3.8, 4) is 5.88 Å². The highest BCUT2D eigenvalue weighted by atomic mass is 32.1. The van der Waals surface area contributed by atoms with Gasteiger partial charge in [-0.1, -0.05) is 30.3 Å². The van der Waals surface area contributed by atoms with Gasteiger partial charge in [-0.05, 0) is 35.6 Å². The van der Waals surface area contributed by atoms with E-state index in [1.54, 1.807) is 11.5 Å². The second kappa shape index (κ2) is 13.7. The number of rotatable bonds is 14. The van der Waals surface area contributed by atoms with Gasteiger partial charge in [-0.2, -0.15) is 22.6 Å². The number of aromatic nitrogens is 4.